The number of rotatable bonds is 5. The first-order valence-corrected chi connectivity index (χ1v) is 7.20. The Morgan fingerprint density at radius 2 is 1.53 bits per heavy atom. The molecule has 0 aromatic heterocycles. The molecule has 0 aliphatic heterocycles. The fourth-order valence-corrected chi connectivity index (χ4v) is 2.22. The minimum absolute atomic E-state index is 0.165. The van der Waals surface area contributed by atoms with E-state index in [1.807, 2.05) is 48.5 Å². The normalized spacial score (nSPS) is 10.2. The zero-order chi connectivity index (χ0) is 13.7. The molecule has 0 unspecified atom stereocenters. The van der Waals surface area contributed by atoms with Gasteiger partial charge in [-0.05, 0) is 23.3 Å². The summed E-state index contributed by atoms with van der Waals surface area (Å²) in [6.45, 7) is 0. The van der Waals surface area contributed by atoms with Gasteiger partial charge in [0, 0.05) is 17.3 Å². The Hall–Kier alpha value is -1.61. The highest BCUT2D eigenvalue weighted by Gasteiger charge is 2.05. The molecule has 0 fully saturated rings. The topological polar surface area (TPSA) is 26.3 Å². The molecule has 0 radical (unpaired) electrons. The van der Waals surface area contributed by atoms with E-state index >= 15 is 0 Å². The molecule has 0 aliphatic rings. The fraction of sp³-hybridized carbons (Fsp3) is 0.188. The van der Waals surface area contributed by atoms with Crippen molar-refractivity contribution in [3.05, 3.63) is 54.1 Å². The van der Waals surface area contributed by atoms with Crippen molar-refractivity contribution in [2.45, 2.75) is 6.42 Å². The van der Waals surface area contributed by atoms with Crippen molar-refractivity contribution in [2.24, 2.45) is 0 Å². The van der Waals surface area contributed by atoms with Crippen molar-refractivity contribution in [3.63, 3.8) is 0 Å². The fourth-order valence-electron chi connectivity index (χ4n) is 1.86. The highest BCUT2D eigenvalue weighted by molar-refractivity contribution is 9.09. The van der Waals surface area contributed by atoms with Crippen LogP contribution >= 0.6 is 15.9 Å². The van der Waals surface area contributed by atoms with E-state index in [2.05, 4.69) is 15.9 Å². The number of halogens is 1. The highest BCUT2D eigenvalue weighted by Crippen LogP contribution is 2.23. The lowest BCUT2D eigenvalue weighted by Crippen LogP contribution is -1.98. The standard InChI is InChI=1S/C16H15BrO2/c1-19-15-8-6-13(7-9-15)12-2-4-14(5-3-12)16(18)10-11-17/h2-9H,10-11H2,1H3. The largest absolute Gasteiger partial charge is 0.497 e. The molecule has 2 aromatic carbocycles. The number of benzene rings is 2. The summed E-state index contributed by atoms with van der Waals surface area (Å²) in [5, 5.41) is 0.700. The summed E-state index contributed by atoms with van der Waals surface area (Å²) in [5.74, 6) is 1.01. The molecule has 19 heavy (non-hydrogen) atoms. The SMILES string of the molecule is COc1ccc(-c2ccc(C(=O)CCBr)cc2)cc1. The average molecular weight is 319 g/mol. The van der Waals surface area contributed by atoms with Crippen LogP contribution < -0.4 is 4.74 Å². The van der Waals surface area contributed by atoms with Crippen LogP contribution in [0.1, 0.15) is 16.8 Å². The van der Waals surface area contributed by atoms with Crippen LogP contribution in [-0.4, -0.2) is 18.2 Å². The van der Waals surface area contributed by atoms with Crippen LogP contribution in [0, 0.1) is 0 Å². The molecular formula is C16H15BrO2. The lowest BCUT2D eigenvalue weighted by atomic mass is 10.0. The Kier molecular flexibility index (Phi) is 4.74. The number of ketones is 1. The number of hydrogen-bond donors (Lipinski definition) is 0. The second kappa shape index (κ2) is 6.53. The highest BCUT2D eigenvalue weighted by atomic mass is 79.9. The van der Waals surface area contributed by atoms with E-state index in [9.17, 15) is 4.79 Å². The summed E-state index contributed by atoms with van der Waals surface area (Å²) in [5.41, 5.74) is 2.97. The summed E-state index contributed by atoms with van der Waals surface area (Å²) in [4.78, 5) is 11.7. The van der Waals surface area contributed by atoms with Crippen LogP contribution in [0.15, 0.2) is 48.5 Å². The number of carbonyl (C=O) groups excluding carboxylic acids is 1. The number of alkyl halides is 1. The summed E-state index contributed by atoms with van der Waals surface area (Å²) < 4.78 is 5.13. The molecule has 2 aromatic rings. The molecule has 3 heteroatoms. The minimum atomic E-state index is 0.165. The summed E-state index contributed by atoms with van der Waals surface area (Å²) in [6.07, 6.45) is 0.530. The predicted molar refractivity (Wildman–Crippen MR) is 81.2 cm³/mol. The van der Waals surface area contributed by atoms with E-state index in [1.165, 1.54) is 0 Å². The molecule has 2 rings (SSSR count). The molecule has 0 amide bonds. The third-order valence-corrected chi connectivity index (χ3v) is 3.35. The minimum Gasteiger partial charge on any atom is -0.497 e. The quantitative estimate of drug-likeness (QED) is 0.606. The Labute approximate surface area is 121 Å². The van der Waals surface area contributed by atoms with Crippen molar-refractivity contribution >= 4 is 21.7 Å². The molecule has 0 saturated carbocycles. The first-order valence-electron chi connectivity index (χ1n) is 6.08. The van der Waals surface area contributed by atoms with Crippen molar-refractivity contribution in [1.29, 1.82) is 0 Å². The first kappa shape index (κ1) is 13.8. The van der Waals surface area contributed by atoms with Crippen LogP contribution in [0.2, 0.25) is 0 Å². The number of carbonyl (C=O) groups is 1. The van der Waals surface area contributed by atoms with Gasteiger partial charge in [-0.25, -0.2) is 0 Å². The lowest BCUT2D eigenvalue weighted by molar-refractivity contribution is 0.0990. The lowest BCUT2D eigenvalue weighted by Gasteiger charge is -2.05. The van der Waals surface area contributed by atoms with Gasteiger partial charge in [0.15, 0.2) is 5.78 Å². The molecule has 0 heterocycles. The Bertz CT molecular complexity index is 544. The van der Waals surface area contributed by atoms with E-state index in [4.69, 9.17) is 4.74 Å². The summed E-state index contributed by atoms with van der Waals surface area (Å²) in [6, 6.07) is 15.6. The predicted octanol–water partition coefficient (Wildman–Crippen LogP) is 4.33. The molecule has 0 saturated heterocycles. The van der Waals surface area contributed by atoms with Crippen LogP contribution in [-0.2, 0) is 0 Å². The van der Waals surface area contributed by atoms with Crippen molar-refractivity contribution in [3.8, 4) is 16.9 Å². The van der Waals surface area contributed by atoms with Gasteiger partial charge in [0.2, 0.25) is 0 Å². The molecule has 0 spiro atoms. The van der Waals surface area contributed by atoms with Crippen molar-refractivity contribution < 1.29 is 9.53 Å². The zero-order valence-electron chi connectivity index (χ0n) is 10.7. The van der Waals surface area contributed by atoms with Gasteiger partial charge in [0.05, 0.1) is 7.11 Å². The second-order valence-electron chi connectivity index (χ2n) is 4.17. The van der Waals surface area contributed by atoms with Gasteiger partial charge in [-0.1, -0.05) is 52.3 Å². The molecule has 0 atom stereocenters. The maximum Gasteiger partial charge on any atom is 0.163 e. The Balaban J connectivity index is 2.19. The van der Waals surface area contributed by atoms with E-state index in [0.29, 0.717) is 11.8 Å². The number of methoxy groups -OCH3 is 1. The van der Waals surface area contributed by atoms with Gasteiger partial charge in [0.25, 0.3) is 0 Å². The van der Waals surface area contributed by atoms with E-state index < -0.39 is 0 Å². The van der Waals surface area contributed by atoms with Gasteiger partial charge in [-0.2, -0.15) is 0 Å². The van der Waals surface area contributed by atoms with Gasteiger partial charge in [-0.3, -0.25) is 4.79 Å². The molecule has 0 bridgehead atoms. The maximum absolute atomic E-state index is 11.7. The smallest absolute Gasteiger partial charge is 0.163 e. The second-order valence-corrected chi connectivity index (χ2v) is 4.96. The van der Waals surface area contributed by atoms with Crippen molar-refractivity contribution in [1.82, 2.24) is 0 Å². The third-order valence-electron chi connectivity index (χ3n) is 2.95. The Morgan fingerprint density at radius 1 is 1.00 bits per heavy atom. The first-order chi connectivity index (χ1) is 9.24. The van der Waals surface area contributed by atoms with Crippen LogP contribution in [0.25, 0.3) is 11.1 Å². The van der Waals surface area contributed by atoms with Crippen LogP contribution in [0.4, 0.5) is 0 Å². The monoisotopic (exact) mass is 318 g/mol. The number of Topliss-reactive ketones (excluding diaryl/α,β-unsaturated/α-hetero) is 1. The van der Waals surface area contributed by atoms with Crippen molar-refractivity contribution in [2.75, 3.05) is 12.4 Å². The number of hydrogen-bond acceptors (Lipinski definition) is 2. The van der Waals surface area contributed by atoms with Gasteiger partial charge >= 0.3 is 0 Å². The van der Waals surface area contributed by atoms with E-state index in [-0.39, 0.29) is 5.78 Å². The van der Waals surface area contributed by atoms with Gasteiger partial charge < -0.3 is 4.74 Å². The molecule has 98 valence electrons. The Morgan fingerprint density at radius 3 is 2.00 bits per heavy atom. The van der Waals surface area contributed by atoms with Gasteiger partial charge in [0.1, 0.15) is 5.75 Å². The molecular weight excluding hydrogens is 304 g/mol. The van der Waals surface area contributed by atoms with Crippen LogP contribution in [0.5, 0.6) is 5.75 Å². The maximum atomic E-state index is 11.7. The molecule has 0 aliphatic carbocycles. The molecule has 0 N–H and O–H groups in total. The molecule has 2 nitrogen and oxygen atoms in total. The van der Waals surface area contributed by atoms with E-state index in [1.54, 1.807) is 7.11 Å². The summed E-state index contributed by atoms with van der Waals surface area (Å²) in [7, 11) is 1.65. The van der Waals surface area contributed by atoms with E-state index in [0.717, 1.165) is 22.4 Å². The van der Waals surface area contributed by atoms with Crippen LogP contribution in [0.3, 0.4) is 0 Å². The summed E-state index contributed by atoms with van der Waals surface area (Å²) >= 11 is 3.28. The van der Waals surface area contributed by atoms with Gasteiger partial charge in [-0.15, -0.1) is 0 Å². The average Bonchev–Trinajstić information content (AvgIpc) is 2.48. The third kappa shape index (κ3) is 3.44. The zero-order valence-corrected chi connectivity index (χ0v) is 12.3. The number of ether oxygens (including phenoxy) is 1.